The lowest BCUT2D eigenvalue weighted by molar-refractivity contribution is -0.113. The van der Waals surface area contributed by atoms with E-state index in [0.717, 1.165) is 0 Å². The molecule has 0 spiro atoms. The molecule has 4 nitrogen and oxygen atoms in total. The number of ketones is 2. The van der Waals surface area contributed by atoms with Crippen molar-refractivity contribution < 1.29 is 14.7 Å². The van der Waals surface area contributed by atoms with Gasteiger partial charge in [-0.1, -0.05) is 12.1 Å². The maximum absolute atomic E-state index is 12.0. The molecule has 0 aliphatic rings. The second-order valence-corrected chi connectivity index (χ2v) is 3.94. The zero-order chi connectivity index (χ0) is 13.0. The smallest absolute Gasteiger partial charge is 0.198 e. The van der Waals surface area contributed by atoms with Crippen LogP contribution in [0.5, 0.6) is 5.75 Å². The molecule has 0 heterocycles. The third-order valence-electron chi connectivity index (χ3n) is 2.12. The van der Waals surface area contributed by atoms with E-state index in [1.165, 1.54) is 25.3 Å². The zero-order valence-electron chi connectivity index (χ0n) is 10.1. The van der Waals surface area contributed by atoms with Crippen molar-refractivity contribution in [1.82, 2.24) is 4.90 Å². The fourth-order valence-corrected chi connectivity index (χ4v) is 1.37. The van der Waals surface area contributed by atoms with Crippen molar-refractivity contribution in [1.29, 1.82) is 0 Å². The number of benzene rings is 1. The number of aromatic hydroxyl groups is 1. The van der Waals surface area contributed by atoms with Gasteiger partial charge in [0.05, 0.1) is 5.57 Å². The second-order valence-electron chi connectivity index (χ2n) is 3.94. The molecular formula is C13H15NO3. The van der Waals surface area contributed by atoms with E-state index in [1.807, 2.05) is 0 Å². The predicted molar refractivity (Wildman–Crippen MR) is 64.9 cm³/mol. The van der Waals surface area contributed by atoms with Gasteiger partial charge in [0.1, 0.15) is 5.75 Å². The summed E-state index contributed by atoms with van der Waals surface area (Å²) in [5, 5.41) is 9.30. The van der Waals surface area contributed by atoms with Gasteiger partial charge in [-0.2, -0.15) is 0 Å². The van der Waals surface area contributed by atoms with Crippen molar-refractivity contribution >= 4 is 11.6 Å². The maximum atomic E-state index is 12.0. The van der Waals surface area contributed by atoms with Gasteiger partial charge >= 0.3 is 0 Å². The van der Waals surface area contributed by atoms with Gasteiger partial charge in [0.2, 0.25) is 0 Å². The van der Waals surface area contributed by atoms with E-state index < -0.39 is 0 Å². The molecular weight excluding hydrogens is 218 g/mol. The molecule has 90 valence electrons. The van der Waals surface area contributed by atoms with Crippen LogP contribution in [0.3, 0.4) is 0 Å². The minimum Gasteiger partial charge on any atom is -0.508 e. The van der Waals surface area contributed by atoms with Gasteiger partial charge in [0.25, 0.3) is 0 Å². The number of phenols is 1. The fraction of sp³-hybridized carbons (Fsp3) is 0.231. The van der Waals surface area contributed by atoms with Crippen LogP contribution in [0.15, 0.2) is 36.0 Å². The van der Waals surface area contributed by atoms with Gasteiger partial charge in [-0.3, -0.25) is 9.59 Å². The average Bonchev–Trinajstić information content (AvgIpc) is 2.24. The molecule has 1 aromatic rings. The first kappa shape index (κ1) is 13.0. The summed E-state index contributed by atoms with van der Waals surface area (Å²) in [4.78, 5) is 25.1. The topological polar surface area (TPSA) is 57.6 Å². The quantitative estimate of drug-likeness (QED) is 0.371. The van der Waals surface area contributed by atoms with Crippen molar-refractivity contribution in [2.45, 2.75) is 6.92 Å². The highest BCUT2D eigenvalue weighted by molar-refractivity contribution is 6.25. The Labute approximate surface area is 100 Å². The lowest BCUT2D eigenvalue weighted by Crippen LogP contribution is -2.15. The first-order valence-corrected chi connectivity index (χ1v) is 5.14. The molecule has 0 atom stereocenters. The van der Waals surface area contributed by atoms with Crippen molar-refractivity contribution in [3.05, 3.63) is 41.6 Å². The molecule has 1 N–H and O–H groups in total. The standard InChI is InChI=1S/C13H15NO3/c1-9(15)12(8-14(2)3)13(17)10-5-4-6-11(16)7-10/h4-8,16H,1-3H3. The maximum Gasteiger partial charge on any atom is 0.198 e. The SMILES string of the molecule is CC(=O)C(=CN(C)C)C(=O)c1cccc(O)c1. The number of carbonyl (C=O) groups excluding carboxylic acids is 2. The molecule has 0 aliphatic carbocycles. The Hall–Kier alpha value is -2.10. The molecule has 17 heavy (non-hydrogen) atoms. The monoisotopic (exact) mass is 233 g/mol. The summed E-state index contributed by atoms with van der Waals surface area (Å²) in [6, 6.07) is 5.94. The van der Waals surface area contributed by atoms with Crippen LogP contribution in [0.2, 0.25) is 0 Å². The van der Waals surface area contributed by atoms with Gasteiger partial charge in [-0.25, -0.2) is 0 Å². The number of phenolic OH excluding ortho intramolecular Hbond substituents is 1. The highest BCUT2D eigenvalue weighted by Gasteiger charge is 2.17. The molecule has 1 rings (SSSR count). The van der Waals surface area contributed by atoms with Crippen molar-refractivity contribution in [2.24, 2.45) is 0 Å². The Bertz CT molecular complexity index is 475. The van der Waals surface area contributed by atoms with E-state index in [0.29, 0.717) is 5.56 Å². The van der Waals surface area contributed by atoms with E-state index >= 15 is 0 Å². The minimum atomic E-state index is -0.387. The molecule has 0 unspecified atom stereocenters. The number of Topliss-reactive ketones (excluding diaryl/α,β-unsaturated/α-hetero) is 2. The Morgan fingerprint density at radius 3 is 2.41 bits per heavy atom. The highest BCUT2D eigenvalue weighted by Crippen LogP contribution is 2.15. The summed E-state index contributed by atoms with van der Waals surface area (Å²) in [5.74, 6) is -0.683. The van der Waals surface area contributed by atoms with Crippen LogP contribution >= 0.6 is 0 Å². The van der Waals surface area contributed by atoms with Crippen LogP contribution in [0, 0.1) is 0 Å². The number of carbonyl (C=O) groups is 2. The second kappa shape index (κ2) is 5.30. The van der Waals surface area contributed by atoms with Crippen LogP contribution in [0.4, 0.5) is 0 Å². The summed E-state index contributed by atoms with van der Waals surface area (Å²) in [6.45, 7) is 1.34. The van der Waals surface area contributed by atoms with E-state index in [-0.39, 0.29) is 22.9 Å². The van der Waals surface area contributed by atoms with E-state index in [1.54, 1.807) is 31.1 Å². The van der Waals surface area contributed by atoms with E-state index in [4.69, 9.17) is 0 Å². The van der Waals surface area contributed by atoms with Crippen molar-refractivity contribution in [2.75, 3.05) is 14.1 Å². The summed E-state index contributed by atoms with van der Waals surface area (Å²) in [5.41, 5.74) is 0.397. The zero-order valence-corrected chi connectivity index (χ0v) is 10.1. The summed E-state index contributed by atoms with van der Waals surface area (Å²) >= 11 is 0. The Morgan fingerprint density at radius 2 is 1.94 bits per heavy atom. The van der Waals surface area contributed by atoms with Gasteiger partial charge < -0.3 is 10.0 Å². The van der Waals surface area contributed by atoms with E-state index in [9.17, 15) is 14.7 Å². The minimum absolute atomic E-state index is 0.00334. The van der Waals surface area contributed by atoms with Crippen LogP contribution in [-0.2, 0) is 4.79 Å². The molecule has 0 amide bonds. The number of allylic oxidation sites excluding steroid dienone is 1. The van der Waals surface area contributed by atoms with Crippen molar-refractivity contribution in [3.63, 3.8) is 0 Å². The molecule has 0 radical (unpaired) electrons. The van der Waals surface area contributed by atoms with Crippen molar-refractivity contribution in [3.8, 4) is 5.75 Å². The van der Waals surface area contributed by atoms with Gasteiger partial charge in [-0.05, 0) is 19.1 Å². The first-order chi connectivity index (χ1) is 7.91. The molecule has 4 heteroatoms. The number of hydrogen-bond donors (Lipinski definition) is 1. The molecule has 0 saturated carbocycles. The average molecular weight is 233 g/mol. The fourth-order valence-electron chi connectivity index (χ4n) is 1.37. The molecule has 0 bridgehead atoms. The van der Waals surface area contributed by atoms with Gasteiger partial charge in [0.15, 0.2) is 11.6 Å². The van der Waals surface area contributed by atoms with Crippen LogP contribution in [0.25, 0.3) is 0 Å². The Balaban J connectivity index is 3.14. The molecule has 0 aliphatic heterocycles. The number of hydrogen-bond acceptors (Lipinski definition) is 4. The normalized spacial score (nSPS) is 11.1. The summed E-state index contributed by atoms with van der Waals surface area (Å²) < 4.78 is 0. The number of nitrogens with zero attached hydrogens (tertiary/aromatic N) is 1. The Morgan fingerprint density at radius 1 is 1.29 bits per heavy atom. The predicted octanol–water partition coefficient (Wildman–Crippen LogP) is 1.61. The van der Waals surface area contributed by atoms with E-state index in [2.05, 4.69) is 0 Å². The third kappa shape index (κ3) is 3.45. The summed E-state index contributed by atoms with van der Waals surface area (Å²) in [6.07, 6.45) is 1.48. The third-order valence-corrected chi connectivity index (χ3v) is 2.12. The lowest BCUT2D eigenvalue weighted by atomic mass is 10.0. The largest absolute Gasteiger partial charge is 0.508 e. The van der Waals surface area contributed by atoms with Gasteiger partial charge in [-0.15, -0.1) is 0 Å². The lowest BCUT2D eigenvalue weighted by Gasteiger charge is -2.09. The molecule has 0 saturated heterocycles. The van der Waals surface area contributed by atoms with Crippen LogP contribution < -0.4 is 0 Å². The van der Waals surface area contributed by atoms with Crippen LogP contribution in [-0.4, -0.2) is 35.7 Å². The highest BCUT2D eigenvalue weighted by atomic mass is 16.3. The molecule has 1 aromatic carbocycles. The number of rotatable bonds is 4. The summed E-state index contributed by atoms with van der Waals surface area (Å²) in [7, 11) is 3.47. The molecule has 0 aromatic heterocycles. The molecule has 0 fully saturated rings. The van der Waals surface area contributed by atoms with Gasteiger partial charge in [0, 0.05) is 25.9 Å². The van der Waals surface area contributed by atoms with Crippen LogP contribution in [0.1, 0.15) is 17.3 Å². The first-order valence-electron chi connectivity index (χ1n) is 5.14. The Kier molecular flexibility index (Phi) is 4.04.